The van der Waals surface area contributed by atoms with Crippen molar-refractivity contribution in [1.82, 2.24) is 14.9 Å². The number of fused-ring (bicyclic) bond motifs is 1. The van der Waals surface area contributed by atoms with Crippen LogP contribution in [-0.4, -0.2) is 26.5 Å². The first-order valence-electron chi connectivity index (χ1n) is 10.5. The molecule has 0 bridgehead atoms. The number of aromatic carboxylic acids is 1. The number of benzene rings is 2. The number of nitrogens with zero attached hydrogens (tertiary/aromatic N) is 2. The van der Waals surface area contributed by atoms with Gasteiger partial charge in [0.15, 0.2) is 0 Å². The molecule has 1 unspecified atom stereocenters. The molecule has 0 aliphatic heterocycles. The number of amides is 1. The zero-order valence-corrected chi connectivity index (χ0v) is 17.3. The molecule has 0 spiro atoms. The van der Waals surface area contributed by atoms with E-state index < -0.39 is 5.97 Å². The van der Waals surface area contributed by atoms with Crippen LogP contribution in [-0.2, 0) is 17.8 Å². The SMILES string of the molecule is CC(C)C(NC(=O)C1CC1)c1nc2cc(C(=O)O)ccc2n1CCc1ccccc1. The Morgan fingerprint density at radius 1 is 1.17 bits per heavy atom. The Kier molecular flexibility index (Phi) is 5.57. The second-order valence-electron chi connectivity index (χ2n) is 8.37. The molecule has 2 N–H and O–H groups in total. The number of carbonyl (C=O) groups is 2. The number of aryl methyl sites for hydroxylation is 2. The fraction of sp³-hybridized carbons (Fsp3) is 0.375. The third kappa shape index (κ3) is 4.22. The summed E-state index contributed by atoms with van der Waals surface area (Å²) in [7, 11) is 0. The molecule has 6 nitrogen and oxygen atoms in total. The van der Waals surface area contributed by atoms with Gasteiger partial charge in [-0.3, -0.25) is 4.79 Å². The van der Waals surface area contributed by atoms with Crippen LogP contribution in [0.1, 0.15) is 54.5 Å². The van der Waals surface area contributed by atoms with Gasteiger partial charge in [0, 0.05) is 12.5 Å². The van der Waals surface area contributed by atoms with Crippen LogP contribution in [0.15, 0.2) is 48.5 Å². The number of carboxylic acid groups (broad SMARTS) is 1. The van der Waals surface area contributed by atoms with Gasteiger partial charge in [0.2, 0.25) is 5.91 Å². The average molecular weight is 405 g/mol. The molecule has 1 atom stereocenters. The zero-order valence-electron chi connectivity index (χ0n) is 17.3. The Morgan fingerprint density at radius 2 is 1.90 bits per heavy atom. The van der Waals surface area contributed by atoms with E-state index in [2.05, 4.69) is 35.9 Å². The van der Waals surface area contributed by atoms with Gasteiger partial charge in [-0.25, -0.2) is 9.78 Å². The maximum absolute atomic E-state index is 12.5. The van der Waals surface area contributed by atoms with E-state index in [1.807, 2.05) is 24.3 Å². The lowest BCUT2D eigenvalue weighted by Crippen LogP contribution is -2.34. The molecular weight excluding hydrogens is 378 g/mol. The van der Waals surface area contributed by atoms with Crippen LogP contribution in [0.2, 0.25) is 0 Å². The maximum atomic E-state index is 12.5. The number of nitrogens with one attached hydrogen (secondary N) is 1. The van der Waals surface area contributed by atoms with Gasteiger partial charge in [0.25, 0.3) is 0 Å². The van der Waals surface area contributed by atoms with E-state index >= 15 is 0 Å². The summed E-state index contributed by atoms with van der Waals surface area (Å²) >= 11 is 0. The monoisotopic (exact) mass is 405 g/mol. The summed E-state index contributed by atoms with van der Waals surface area (Å²) in [6.45, 7) is 4.84. The van der Waals surface area contributed by atoms with Gasteiger partial charge in [-0.15, -0.1) is 0 Å². The highest BCUT2D eigenvalue weighted by molar-refractivity contribution is 5.92. The van der Waals surface area contributed by atoms with Crippen molar-refractivity contribution < 1.29 is 14.7 Å². The Labute approximate surface area is 175 Å². The molecule has 1 heterocycles. The molecule has 0 saturated heterocycles. The van der Waals surface area contributed by atoms with E-state index in [1.165, 1.54) is 5.56 Å². The lowest BCUT2D eigenvalue weighted by molar-refractivity contribution is -0.123. The first-order chi connectivity index (χ1) is 14.4. The lowest BCUT2D eigenvalue weighted by Gasteiger charge is -2.23. The van der Waals surface area contributed by atoms with Crippen molar-refractivity contribution in [3.63, 3.8) is 0 Å². The van der Waals surface area contributed by atoms with Crippen LogP contribution in [0.5, 0.6) is 0 Å². The number of carbonyl (C=O) groups excluding carboxylic acids is 1. The molecule has 2 aromatic carbocycles. The highest BCUT2D eigenvalue weighted by atomic mass is 16.4. The van der Waals surface area contributed by atoms with E-state index in [-0.39, 0.29) is 29.3 Å². The van der Waals surface area contributed by atoms with Crippen LogP contribution in [0.3, 0.4) is 0 Å². The zero-order chi connectivity index (χ0) is 21.3. The first kappa shape index (κ1) is 20.1. The molecule has 1 aromatic heterocycles. The normalized spacial score (nSPS) is 14.8. The molecule has 1 saturated carbocycles. The number of carboxylic acids is 1. The lowest BCUT2D eigenvalue weighted by atomic mass is 10.0. The predicted octanol–water partition coefficient (Wildman–Crippen LogP) is 4.20. The summed E-state index contributed by atoms with van der Waals surface area (Å²) in [5.41, 5.74) is 2.96. The molecule has 1 aliphatic carbocycles. The molecule has 6 heteroatoms. The van der Waals surface area contributed by atoms with Gasteiger partial charge in [-0.05, 0) is 48.9 Å². The Morgan fingerprint density at radius 3 is 2.53 bits per heavy atom. The van der Waals surface area contributed by atoms with Crippen molar-refractivity contribution in [3.05, 3.63) is 65.5 Å². The molecule has 156 valence electrons. The molecule has 1 fully saturated rings. The van der Waals surface area contributed by atoms with Gasteiger partial charge in [-0.2, -0.15) is 0 Å². The Bertz CT molecular complexity index is 1070. The summed E-state index contributed by atoms with van der Waals surface area (Å²) in [6, 6.07) is 15.0. The molecule has 1 amide bonds. The van der Waals surface area contributed by atoms with Gasteiger partial charge in [0.05, 0.1) is 22.6 Å². The minimum atomic E-state index is -0.972. The Balaban J connectivity index is 1.74. The summed E-state index contributed by atoms with van der Waals surface area (Å²) in [6.07, 6.45) is 2.72. The number of imidazole rings is 1. The highest BCUT2D eigenvalue weighted by Crippen LogP contribution is 2.32. The van der Waals surface area contributed by atoms with E-state index in [1.54, 1.807) is 12.1 Å². The fourth-order valence-corrected chi connectivity index (χ4v) is 3.79. The molecular formula is C24H27N3O3. The smallest absolute Gasteiger partial charge is 0.335 e. The van der Waals surface area contributed by atoms with Gasteiger partial charge < -0.3 is 15.0 Å². The minimum absolute atomic E-state index is 0.0848. The summed E-state index contributed by atoms with van der Waals surface area (Å²) in [5, 5.41) is 12.6. The number of aromatic nitrogens is 2. The van der Waals surface area contributed by atoms with Gasteiger partial charge >= 0.3 is 5.97 Å². The van der Waals surface area contributed by atoms with Crippen LogP contribution < -0.4 is 5.32 Å². The topological polar surface area (TPSA) is 84.2 Å². The summed E-state index contributed by atoms with van der Waals surface area (Å²) in [4.78, 5) is 28.7. The third-order valence-electron chi connectivity index (χ3n) is 5.68. The number of hydrogen-bond donors (Lipinski definition) is 2. The summed E-state index contributed by atoms with van der Waals surface area (Å²) < 4.78 is 2.13. The molecule has 1 aliphatic rings. The van der Waals surface area contributed by atoms with Crippen molar-refractivity contribution in [1.29, 1.82) is 0 Å². The van der Waals surface area contributed by atoms with Crippen molar-refractivity contribution in [2.24, 2.45) is 11.8 Å². The van der Waals surface area contributed by atoms with Crippen LogP contribution in [0.25, 0.3) is 11.0 Å². The molecule has 4 rings (SSSR count). The van der Waals surface area contributed by atoms with Gasteiger partial charge in [-0.1, -0.05) is 44.2 Å². The second-order valence-corrected chi connectivity index (χ2v) is 8.37. The Hall–Kier alpha value is -3.15. The third-order valence-corrected chi connectivity index (χ3v) is 5.68. The standard InChI is InChI=1S/C24H27N3O3/c1-15(2)21(26-23(28)17-8-9-17)22-25-19-14-18(24(29)30)10-11-20(19)27(22)13-12-16-6-4-3-5-7-16/h3-7,10-11,14-15,17,21H,8-9,12-13H2,1-2H3,(H,26,28)(H,29,30). The molecule has 3 aromatic rings. The van der Waals surface area contributed by atoms with E-state index in [4.69, 9.17) is 4.98 Å². The van der Waals surface area contributed by atoms with Crippen molar-refractivity contribution in [3.8, 4) is 0 Å². The number of rotatable bonds is 8. The first-order valence-corrected chi connectivity index (χ1v) is 10.5. The largest absolute Gasteiger partial charge is 0.478 e. The number of hydrogen-bond acceptors (Lipinski definition) is 3. The fourth-order valence-electron chi connectivity index (χ4n) is 3.79. The minimum Gasteiger partial charge on any atom is -0.478 e. The highest BCUT2D eigenvalue weighted by Gasteiger charge is 2.33. The van der Waals surface area contributed by atoms with Crippen LogP contribution in [0, 0.1) is 11.8 Å². The van der Waals surface area contributed by atoms with Gasteiger partial charge in [0.1, 0.15) is 5.82 Å². The summed E-state index contributed by atoms with van der Waals surface area (Å²) in [5.74, 6) is 0.166. The van der Waals surface area contributed by atoms with Crippen molar-refractivity contribution >= 4 is 22.9 Å². The molecule has 30 heavy (non-hydrogen) atoms. The van der Waals surface area contributed by atoms with Crippen molar-refractivity contribution in [2.45, 2.75) is 45.7 Å². The van der Waals surface area contributed by atoms with E-state index in [0.717, 1.165) is 30.6 Å². The second kappa shape index (κ2) is 8.30. The van der Waals surface area contributed by atoms with Crippen LogP contribution >= 0.6 is 0 Å². The molecule has 0 radical (unpaired) electrons. The average Bonchev–Trinajstić information content (AvgIpc) is 3.52. The van der Waals surface area contributed by atoms with Crippen molar-refractivity contribution in [2.75, 3.05) is 0 Å². The maximum Gasteiger partial charge on any atom is 0.335 e. The van der Waals surface area contributed by atoms with Crippen LogP contribution in [0.4, 0.5) is 0 Å². The van der Waals surface area contributed by atoms with E-state index in [9.17, 15) is 14.7 Å². The predicted molar refractivity (Wildman–Crippen MR) is 115 cm³/mol. The quantitative estimate of drug-likeness (QED) is 0.588. The van der Waals surface area contributed by atoms with E-state index in [0.29, 0.717) is 12.1 Å².